The summed E-state index contributed by atoms with van der Waals surface area (Å²) in [5.41, 5.74) is 9.46. The van der Waals surface area contributed by atoms with E-state index >= 15 is 0 Å². The minimum absolute atomic E-state index is 0.217. The number of hydrogen-bond donors (Lipinski definition) is 2. The first-order valence-electron chi connectivity index (χ1n) is 4.09. The monoisotopic (exact) mass is 172 g/mol. The largest absolute Gasteiger partial charge is 0.330 e. The third kappa shape index (κ3) is 2.71. The maximum atomic E-state index is 11.3. The van der Waals surface area contributed by atoms with Crippen molar-refractivity contribution in [1.29, 1.82) is 0 Å². The van der Waals surface area contributed by atoms with Gasteiger partial charge >= 0.3 is 0 Å². The van der Waals surface area contributed by atoms with Gasteiger partial charge < -0.3 is 16.3 Å². The summed E-state index contributed by atoms with van der Waals surface area (Å²) in [4.78, 5) is 21.8. The molecule has 0 aliphatic rings. The highest BCUT2D eigenvalue weighted by Crippen LogP contribution is 2.08. The first-order valence-corrected chi connectivity index (χ1v) is 4.09. The summed E-state index contributed by atoms with van der Waals surface area (Å²) in [6.07, 6.45) is 1.75. The van der Waals surface area contributed by atoms with Crippen LogP contribution in [-0.4, -0.2) is 24.2 Å². The Bertz CT molecular complexity index is 170. The summed E-state index contributed by atoms with van der Waals surface area (Å²) in [5, 5.41) is 0. The van der Waals surface area contributed by atoms with Gasteiger partial charge in [-0.05, 0) is 19.4 Å². The fourth-order valence-electron chi connectivity index (χ4n) is 0.842. The molecule has 0 spiro atoms. The molecule has 0 saturated carbocycles. The summed E-state index contributed by atoms with van der Waals surface area (Å²) in [6.45, 7) is 2.17. The molecule has 4 nitrogen and oxygen atoms in total. The lowest BCUT2D eigenvalue weighted by Gasteiger charge is -2.18. The van der Waals surface area contributed by atoms with Crippen molar-refractivity contribution in [2.24, 2.45) is 11.5 Å². The number of rotatable bonds is 6. The van der Waals surface area contributed by atoms with Crippen LogP contribution < -0.4 is 11.5 Å². The molecule has 0 rings (SSSR count). The Balaban J connectivity index is 4.12. The molecule has 0 bridgehead atoms. The van der Waals surface area contributed by atoms with E-state index in [1.54, 1.807) is 6.92 Å². The molecular formula is C8H16N2O2. The van der Waals surface area contributed by atoms with Crippen molar-refractivity contribution in [2.75, 3.05) is 6.54 Å². The van der Waals surface area contributed by atoms with Crippen LogP contribution >= 0.6 is 0 Å². The quantitative estimate of drug-likeness (QED) is 0.421. The third-order valence-electron chi connectivity index (χ3n) is 1.92. The normalized spacial score (nSPS) is 15.2. The second-order valence-electron chi connectivity index (χ2n) is 2.83. The average molecular weight is 172 g/mol. The molecule has 0 amide bonds. The van der Waals surface area contributed by atoms with Crippen LogP contribution in [0, 0.1) is 0 Å². The highest BCUT2D eigenvalue weighted by molar-refractivity contribution is 6.02. The molecule has 0 aromatic carbocycles. The number of carbonyl (C=O) groups is 2. The summed E-state index contributed by atoms with van der Waals surface area (Å²) < 4.78 is 0. The van der Waals surface area contributed by atoms with Crippen molar-refractivity contribution < 1.29 is 9.59 Å². The van der Waals surface area contributed by atoms with Crippen molar-refractivity contribution in [3.8, 4) is 0 Å². The van der Waals surface area contributed by atoms with E-state index in [4.69, 9.17) is 11.5 Å². The van der Waals surface area contributed by atoms with Crippen LogP contribution in [0.5, 0.6) is 0 Å². The van der Waals surface area contributed by atoms with Crippen LogP contribution in [0.25, 0.3) is 0 Å². The SMILES string of the molecule is CCC(N)(C=O)C(=O)CCCN. The number of nitrogens with two attached hydrogens (primary N) is 2. The fourth-order valence-corrected chi connectivity index (χ4v) is 0.842. The zero-order valence-electron chi connectivity index (χ0n) is 7.38. The molecule has 4 N–H and O–H groups in total. The van der Waals surface area contributed by atoms with E-state index in [0.717, 1.165) is 0 Å². The molecule has 0 radical (unpaired) electrons. The van der Waals surface area contributed by atoms with Gasteiger partial charge in [0.25, 0.3) is 0 Å². The zero-order chi connectivity index (χ0) is 9.61. The molecule has 0 saturated heterocycles. The van der Waals surface area contributed by atoms with Crippen LogP contribution in [0.4, 0.5) is 0 Å². The molecule has 0 aliphatic carbocycles. The summed E-state index contributed by atoms with van der Waals surface area (Å²) in [7, 11) is 0. The Morgan fingerprint density at radius 3 is 2.50 bits per heavy atom. The highest BCUT2D eigenvalue weighted by Gasteiger charge is 2.30. The number of Topliss-reactive ketones (excluding diaryl/α,β-unsaturated/α-hetero) is 1. The van der Waals surface area contributed by atoms with Crippen LogP contribution in [0.1, 0.15) is 26.2 Å². The van der Waals surface area contributed by atoms with E-state index in [-0.39, 0.29) is 5.78 Å². The van der Waals surface area contributed by atoms with Gasteiger partial charge in [-0.3, -0.25) is 4.79 Å². The first kappa shape index (κ1) is 11.3. The van der Waals surface area contributed by atoms with Gasteiger partial charge in [0.2, 0.25) is 0 Å². The minimum atomic E-state index is -1.28. The number of ketones is 1. The Kier molecular flexibility index (Phi) is 4.70. The van der Waals surface area contributed by atoms with Gasteiger partial charge in [0, 0.05) is 6.42 Å². The molecule has 0 heterocycles. The van der Waals surface area contributed by atoms with Crippen molar-refractivity contribution in [3.63, 3.8) is 0 Å². The Morgan fingerprint density at radius 1 is 1.58 bits per heavy atom. The van der Waals surface area contributed by atoms with E-state index < -0.39 is 5.54 Å². The topological polar surface area (TPSA) is 86.2 Å². The van der Waals surface area contributed by atoms with E-state index in [2.05, 4.69) is 0 Å². The molecule has 0 fully saturated rings. The van der Waals surface area contributed by atoms with Gasteiger partial charge in [0.1, 0.15) is 11.8 Å². The number of carbonyl (C=O) groups excluding carboxylic acids is 2. The summed E-state index contributed by atoms with van der Waals surface area (Å²) in [5.74, 6) is -0.217. The lowest BCUT2D eigenvalue weighted by molar-refractivity contribution is -0.129. The molecule has 12 heavy (non-hydrogen) atoms. The number of hydrogen-bond acceptors (Lipinski definition) is 4. The smallest absolute Gasteiger partial charge is 0.159 e. The molecular weight excluding hydrogens is 156 g/mol. The molecule has 0 aromatic rings. The summed E-state index contributed by atoms with van der Waals surface area (Å²) in [6, 6.07) is 0. The van der Waals surface area contributed by atoms with Gasteiger partial charge in [-0.2, -0.15) is 0 Å². The second kappa shape index (κ2) is 5.00. The van der Waals surface area contributed by atoms with Crippen LogP contribution in [0.2, 0.25) is 0 Å². The zero-order valence-corrected chi connectivity index (χ0v) is 7.38. The molecule has 0 aromatic heterocycles. The fraction of sp³-hybridized carbons (Fsp3) is 0.750. The first-order chi connectivity index (χ1) is 5.60. The molecule has 0 aliphatic heterocycles. The lowest BCUT2D eigenvalue weighted by atomic mass is 9.91. The van der Waals surface area contributed by atoms with E-state index in [1.165, 1.54) is 0 Å². The van der Waals surface area contributed by atoms with Crippen LogP contribution in [0.15, 0.2) is 0 Å². The van der Waals surface area contributed by atoms with Crippen molar-refractivity contribution in [2.45, 2.75) is 31.7 Å². The molecule has 1 atom stereocenters. The Morgan fingerprint density at radius 2 is 2.17 bits per heavy atom. The molecule has 4 heteroatoms. The maximum Gasteiger partial charge on any atom is 0.159 e. The van der Waals surface area contributed by atoms with Gasteiger partial charge in [0.05, 0.1) is 0 Å². The Hall–Kier alpha value is -0.740. The standard InChI is InChI=1S/C8H16N2O2/c1-2-8(10,6-11)7(12)4-3-5-9/h6H,2-5,9-10H2,1H3. The maximum absolute atomic E-state index is 11.3. The van der Waals surface area contributed by atoms with E-state index in [1.807, 2.05) is 0 Å². The lowest BCUT2D eigenvalue weighted by Crippen LogP contribution is -2.49. The van der Waals surface area contributed by atoms with Gasteiger partial charge in [-0.1, -0.05) is 6.92 Å². The third-order valence-corrected chi connectivity index (χ3v) is 1.92. The summed E-state index contributed by atoms with van der Waals surface area (Å²) >= 11 is 0. The Labute approximate surface area is 72.3 Å². The van der Waals surface area contributed by atoms with Crippen LogP contribution in [0.3, 0.4) is 0 Å². The van der Waals surface area contributed by atoms with Gasteiger partial charge in [-0.25, -0.2) is 0 Å². The number of aldehydes is 1. The van der Waals surface area contributed by atoms with Crippen molar-refractivity contribution in [3.05, 3.63) is 0 Å². The van der Waals surface area contributed by atoms with E-state index in [0.29, 0.717) is 32.1 Å². The van der Waals surface area contributed by atoms with Crippen molar-refractivity contribution >= 4 is 12.1 Å². The molecule has 1 unspecified atom stereocenters. The average Bonchev–Trinajstić information content (AvgIpc) is 2.12. The van der Waals surface area contributed by atoms with Crippen LogP contribution in [-0.2, 0) is 9.59 Å². The predicted molar refractivity (Wildman–Crippen MR) is 46.6 cm³/mol. The second-order valence-corrected chi connectivity index (χ2v) is 2.83. The van der Waals surface area contributed by atoms with Crippen molar-refractivity contribution in [1.82, 2.24) is 0 Å². The predicted octanol–water partition coefficient (Wildman–Crippen LogP) is -0.399. The van der Waals surface area contributed by atoms with Gasteiger partial charge in [-0.15, -0.1) is 0 Å². The van der Waals surface area contributed by atoms with E-state index in [9.17, 15) is 9.59 Å². The minimum Gasteiger partial charge on any atom is -0.330 e. The highest BCUT2D eigenvalue weighted by atomic mass is 16.1. The van der Waals surface area contributed by atoms with Gasteiger partial charge in [0.15, 0.2) is 5.78 Å². The molecule has 70 valence electrons.